The smallest absolute Gasteiger partial charge is 0.293 e. The van der Waals surface area contributed by atoms with E-state index in [0.717, 1.165) is 0 Å². The van der Waals surface area contributed by atoms with Crippen molar-refractivity contribution in [2.45, 2.75) is 19.5 Å². The second-order valence-corrected chi connectivity index (χ2v) is 4.16. The fourth-order valence-electron chi connectivity index (χ4n) is 2.09. The molecule has 1 saturated heterocycles. The predicted octanol–water partition coefficient (Wildman–Crippen LogP) is -1.47. The molecule has 0 bridgehead atoms. The van der Waals surface area contributed by atoms with Crippen molar-refractivity contribution in [1.29, 1.82) is 0 Å². The van der Waals surface area contributed by atoms with Gasteiger partial charge in [-0.3, -0.25) is 9.59 Å². The molecular weight excluding hydrogens is 234 g/mol. The lowest BCUT2D eigenvalue weighted by atomic mass is 10.2. The fraction of sp³-hybridized carbons (Fsp3) is 0.545. The Kier molecular flexibility index (Phi) is 3.61. The number of carbonyl (C=O) groups excluding carboxylic acids is 1. The minimum atomic E-state index is -0.522. The van der Waals surface area contributed by atoms with Crippen LogP contribution in [0.1, 0.15) is 6.92 Å². The van der Waals surface area contributed by atoms with Gasteiger partial charge in [0, 0.05) is 38.6 Å². The van der Waals surface area contributed by atoms with Crippen molar-refractivity contribution < 1.29 is 4.79 Å². The van der Waals surface area contributed by atoms with Gasteiger partial charge in [-0.1, -0.05) is 0 Å². The molecule has 0 radical (unpaired) electrons. The summed E-state index contributed by atoms with van der Waals surface area (Å²) in [5.74, 6) is -0.153. The van der Waals surface area contributed by atoms with Gasteiger partial charge in [0.25, 0.3) is 5.56 Å². The minimum absolute atomic E-state index is 0.187. The van der Waals surface area contributed by atoms with E-state index in [2.05, 4.69) is 10.3 Å². The maximum Gasteiger partial charge on any atom is 0.293 e. The highest BCUT2D eigenvalue weighted by atomic mass is 16.2. The molecule has 0 spiro atoms. The Hall–Kier alpha value is -1.89. The number of primary amides is 1. The molecule has 1 aromatic rings. The van der Waals surface area contributed by atoms with E-state index in [0.29, 0.717) is 32.0 Å². The second-order valence-electron chi connectivity index (χ2n) is 4.16. The molecular formula is C11H17N5O2. The van der Waals surface area contributed by atoms with Crippen LogP contribution in [-0.4, -0.2) is 41.1 Å². The van der Waals surface area contributed by atoms with Crippen LogP contribution in [-0.2, 0) is 11.3 Å². The molecule has 0 saturated carbocycles. The number of nitrogens with one attached hydrogen (secondary N) is 1. The van der Waals surface area contributed by atoms with Crippen molar-refractivity contribution in [1.82, 2.24) is 14.9 Å². The summed E-state index contributed by atoms with van der Waals surface area (Å²) in [4.78, 5) is 29.3. The number of rotatable bonds is 3. The van der Waals surface area contributed by atoms with Gasteiger partial charge in [0.2, 0.25) is 5.91 Å². The third kappa shape index (κ3) is 2.21. The van der Waals surface area contributed by atoms with Gasteiger partial charge in [-0.25, -0.2) is 4.98 Å². The summed E-state index contributed by atoms with van der Waals surface area (Å²) in [6.07, 6.45) is 3.20. The highest BCUT2D eigenvalue weighted by Crippen LogP contribution is 2.10. The van der Waals surface area contributed by atoms with Crippen LogP contribution in [0.5, 0.6) is 0 Å². The highest BCUT2D eigenvalue weighted by molar-refractivity contribution is 5.83. The Labute approximate surface area is 105 Å². The zero-order chi connectivity index (χ0) is 13.1. The lowest BCUT2D eigenvalue weighted by Crippen LogP contribution is -2.58. The normalized spacial score (nSPS) is 19.8. The molecule has 2 rings (SSSR count). The molecule has 0 aliphatic carbocycles. The van der Waals surface area contributed by atoms with Crippen LogP contribution in [0, 0.1) is 0 Å². The van der Waals surface area contributed by atoms with Crippen LogP contribution in [0.2, 0.25) is 0 Å². The number of piperazine rings is 1. The summed E-state index contributed by atoms with van der Waals surface area (Å²) in [6, 6.07) is -0.522. The summed E-state index contributed by atoms with van der Waals surface area (Å²) in [6.45, 7) is 4.14. The molecule has 3 N–H and O–H groups in total. The third-order valence-electron chi connectivity index (χ3n) is 3.08. The van der Waals surface area contributed by atoms with Crippen molar-refractivity contribution in [2.75, 3.05) is 24.5 Å². The summed E-state index contributed by atoms with van der Waals surface area (Å²) in [5, 5.41) is 3.08. The third-order valence-corrected chi connectivity index (χ3v) is 3.08. The van der Waals surface area contributed by atoms with E-state index < -0.39 is 11.9 Å². The largest absolute Gasteiger partial charge is 0.368 e. The first-order valence-electron chi connectivity index (χ1n) is 5.97. The molecule has 1 amide bonds. The molecule has 2 heterocycles. The van der Waals surface area contributed by atoms with Crippen LogP contribution in [0.4, 0.5) is 5.82 Å². The lowest BCUT2D eigenvalue weighted by Gasteiger charge is -2.34. The van der Waals surface area contributed by atoms with E-state index in [-0.39, 0.29) is 5.56 Å². The van der Waals surface area contributed by atoms with Gasteiger partial charge in [0.05, 0.1) is 0 Å². The topological polar surface area (TPSA) is 93.2 Å². The number of aromatic nitrogens is 2. The number of amides is 1. The maximum atomic E-state index is 12.2. The van der Waals surface area contributed by atoms with Crippen molar-refractivity contribution in [2.24, 2.45) is 5.73 Å². The van der Waals surface area contributed by atoms with Crippen LogP contribution < -0.4 is 21.5 Å². The molecule has 98 valence electrons. The first kappa shape index (κ1) is 12.6. The molecule has 7 heteroatoms. The van der Waals surface area contributed by atoms with E-state index in [1.165, 1.54) is 0 Å². The van der Waals surface area contributed by atoms with Crippen molar-refractivity contribution in [3.63, 3.8) is 0 Å². The van der Waals surface area contributed by atoms with Gasteiger partial charge in [0.1, 0.15) is 6.04 Å². The van der Waals surface area contributed by atoms with Gasteiger partial charge >= 0.3 is 0 Å². The lowest BCUT2D eigenvalue weighted by molar-refractivity contribution is -0.119. The Morgan fingerprint density at radius 2 is 2.44 bits per heavy atom. The number of nitrogens with two attached hydrogens (primary N) is 1. The molecule has 1 fully saturated rings. The summed E-state index contributed by atoms with van der Waals surface area (Å²) >= 11 is 0. The SMILES string of the molecule is CCn1ccnc(N2CCNCC2C(N)=O)c1=O. The molecule has 0 aromatic carbocycles. The molecule has 7 nitrogen and oxygen atoms in total. The molecule has 18 heavy (non-hydrogen) atoms. The van der Waals surface area contributed by atoms with Crippen molar-refractivity contribution >= 4 is 11.7 Å². The zero-order valence-electron chi connectivity index (χ0n) is 10.3. The van der Waals surface area contributed by atoms with E-state index in [9.17, 15) is 9.59 Å². The van der Waals surface area contributed by atoms with Crippen LogP contribution >= 0.6 is 0 Å². The van der Waals surface area contributed by atoms with Gasteiger partial charge in [-0.15, -0.1) is 0 Å². The molecule has 1 aromatic heterocycles. The highest BCUT2D eigenvalue weighted by Gasteiger charge is 2.29. The molecule has 1 atom stereocenters. The number of hydrogen-bond donors (Lipinski definition) is 2. The minimum Gasteiger partial charge on any atom is -0.368 e. The quantitative estimate of drug-likeness (QED) is 0.684. The molecule has 1 unspecified atom stereocenters. The van der Waals surface area contributed by atoms with E-state index in [4.69, 9.17) is 5.73 Å². The number of nitrogens with zero attached hydrogens (tertiary/aromatic N) is 3. The Morgan fingerprint density at radius 1 is 1.67 bits per heavy atom. The Balaban J connectivity index is 2.40. The first-order valence-corrected chi connectivity index (χ1v) is 5.97. The Bertz CT molecular complexity index is 498. The fourth-order valence-corrected chi connectivity index (χ4v) is 2.09. The summed E-state index contributed by atoms with van der Waals surface area (Å²) < 4.78 is 1.56. The van der Waals surface area contributed by atoms with Crippen LogP contribution in [0.25, 0.3) is 0 Å². The number of hydrogen-bond acceptors (Lipinski definition) is 5. The van der Waals surface area contributed by atoms with Crippen molar-refractivity contribution in [3.8, 4) is 0 Å². The first-order chi connectivity index (χ1) is 8.65. The molecule has 1 aliphatic heterocycles. The van der Waals surface area contributed by atoms with Crippen molar-refractivity contribution in [3.05, 3.63) is 22.7 Å². The second kappa shape index (κ2) is 5.18. The molecule has 1 aliphatic rings. The number of aryl methyl sites for hydroxylation is 1. The average Bonchev–Trinajstić information content (AvgIpc) is 2.39. The number of carbonyl (C=O) groups is 1. The summed E-state index contributed by atoms with van der Waals surface area (Å²) in [5.41, 5.74) is 5.17. The van der Waals surface area contributed by atoms with Gasteiger partial charge in [-0.05, 0) is 6.92 Å². The van der Waals surface area contributed by atoms with Crippen LogP contribution in [0.15, 0.2) is 17.2 Å². The predicted molar refractivity (Wildman–Crippen MR) is 67.4 cm³/mol. The zero-order valence-corrected chi connectivity index (χ0v) is 10.3. The number of anilines is 1. The summed E-state index contributed by atoms with van der Waals surface area (Å²) in [7, 11) is 0. The maximum absolute atomic E-state index is 12.2. The Morgan fingerprint density at radius 3 is 3.11 bits per heavy atom. The van der Waals surface area contributed by atoms with E-state index >= 15 is 0 Å². The van der Waals surface area contributed by atoms with Gasteiger partial charge in [0.15, 0.2) is 5.82 Å². The average molecular weight is 251 g/mol. The van der Waals surface area contributed by atoms with Gasteiger partial charge in [-0.2, -0.15) is 0 Å². The monoisotopic (exact) mass is 251 g/mol. The van der Waals surface area contributed by atoms with E-state index in [1.807, 2.05) is 6.92 Å². The van der Waals surface area contributed by atoms with E-state index in [1.54, 1.807) is 21.9 Å². The van der Waals surface area contributed by atoms with Crippen LogP contribution in [0.3, 0.4) is 0 Å². The van der Waals surface area contributed by atoms with Gasteiger partial charge < -0.3 is 20.5 Å². The standard InChI is InChI=1S/C11H17N5O2/c1-2-15-5-4-14-10(11(15)18)16-6-3-13-7-8(16)9(12)17/h4-5,8,13H,2-3,6-7H2,1H3,(H2,12,17).